The van der Waals surface area contributed by atoms with Crippen LogP contribution in [0.1, 0.15) is 17.4 Å². The maximum atomic E-state index is 6.94. The van der Waals surface area contributed by atoms with E-state index in [9.17, 15) is 0 Å². The normalized spacial score (nSPS) is 14.5. The molecule has 0 bridgehead atoms. The van der Waals surface area contributed by atoms with Crippen LogP contribution in [0.25, 0.3) is 85.6 Å². The van der Waals surface area contributed by atoms with Crippen LogP contribution in [0.3, 0.4) is 0 Å². The van der Waals surface area contributed by atoms with Crippen molar-refractivity contribution in [3.63, 3.8) is 0 Å². The SMILES string of the molecule is c1ccc(-c2cccc(C3NC(n4c5ccccc5c5c6sc7ccccc7c6c6ccccc6c54)=Nc4c3oc3c4ccc4ccccc43)c2)cc1. The summed E-state index contributed by atoms with van der Waals surface area (Å²) in [5.41, 5.74) is 7.45. The number of aromatic nitrogens is 1. The van der Waals surface area contributed by atoms with Crippen molar-refractivity contribution in [2.45, 2.75) is 6.04 Å². The van der Waals surface area contributed by atoms with E-state index in [0.717, 1.165) is 61.3 Å². The van der Waals surface area contributed by atoms with E-state index >= 15 is 0 Å². The highest BCUT2D eigenvalue weighted by molar-refractivity contribution is 7.27. The Hall–Kier alpha value is -6.69. The van der Waals surface area contributed by atoms with Crippen molar-refractivity contribution >= 4 is 97.5 Å². The number of thiophene rings is 1. The van der Waals surface area contributed by atoms with E-state index in [-0.39, 0.29) is 6.04 Å². The van der Waals surface area contributed by atoms with Crippen molar-refractivity contribution in [2.75, 3.05) is 0 Å². The predicted molar refractivity (Wildman–Crippen MR) is 223 cm³/mol. The zero-order valence-electron chi connectivity index (χ0n) is 28.4. The zero-order valence-corrected chi connectivity index (χ0v) is 29.2. The van der Waals surface area contributed by atoms with Gasteiger partial charge in [0.1, 0.15) is 17.3 Å². The van der Waals surface area contributed by atoms with E-state index in [2.05, 4.69) is 174 Å². The highest BCUT2D eigenvalue weighted by Crippen LogP contribution is 2.49. The van der Waals surface area contributed by atoms with Gasteiger partial charge in [-0.15, -0.1) is 11.3 Å². The summed E-state index contributed by atoms with van der Waals surface area (Å²) in [5, 5.41) is 14.8. The maximum Gasteiger partial charge on any atom is 0.209 e. The summed E-state index contributed by atoms with van der Waals surface area (Å²) in [7, 11) is 0. The molecular weight excluding hydrogens is 667 g/mol. The Morgan fingerprint density at radius 2 is 1.28 bits per heavy atom. The van der Waals surface area contributed by atoms with E-state index in [1.807, 2.05) is 11.3 Å². The molecule has 53 heavy (non-hydrogen) atoms. The second-order valence-corrected chi connectivity index (χ2v) is 15.0. The van der Waals surface area contributed by atoms with Crippen LogP contribution in [0.15, 0.2) is 173 Å². The second kappa shape index (κ2) is 10.9. The van der Waals surface area contributed by atoms with Gasteiger partial charge in [0.2, 0.25) is 5.96 Å². The van der Waals surface area contributed by atoms with Gasteiger partial charge in [-0.1, -0.05) is 140 Å². The molecule has 11 aromatic rings. The van der Waals surface area contributed by atoms with Crippen LogP contribution in [0.5, 0.6) is 0 Å². The lowest BCUT2D eigenvalue weighted by Gasteiger charge is -2.26. The molecule has 12 rings (SSSR count). The highest BCUT2D eigenvalue weighted by Gasteiger charge is 2.33. The molecule has 4 heterocycles. The molecule has 5 heteroatoms. The summed E-state index contributed by atoms with van der Waals surface area (Å²) in [4.78, 5) is 5.55. The van der Waals surface area contributed by atoms with E-state index in [1.54, 1.807) is 0 Å². The third kappa shape index (κ3) is 4.08. The van der Waals surface area contributed by atoms with Crippen molar-refractivity contribution in [2.24, 2.45) is 4.99 Å². The lowest BCUT2D eigenvalue weighted by molar-refractivity contribution is 0.503. The number of fused-ring (bicyclic) bond motifs is 15. The van der Waals surface area contributed by atoms with Crippen LogP contribution in [-0.2, 0) is 0 Å². The molecule has 1 aliphatic heterocycles. The Labute approximate surface area is 307 Å². The molecule has 1 aliphatic rings. The van der Waals surface area contributed by atoms with E-state index in [1.165, 1.54) is 47.3 Å². The first-order valence-corrected chi connectivity index (χ1v) is 18.8. The van der Waals surface area contributed by atoms with Crippen molar-refractivity contribution in [3.05, 3.63) is 175 Å². The van der Waals surface area contributed by atoms with Crippen LogP contribution in [0.2, 0.25) is 0 Å². The van der Waals surface area contributed by atoms with E-state index in [0.29, 0.717) is 0 Å². The molecule has 1 N–H and O–H groups in total. The van der Waals surface area contributed by atoms with Crippen molar-refractivity contribution in [1.29, 1.82) is 0 Å². The van der Waals surface area contributed by atoms with Crippen LogP contribution in [0.4, 0.5) is 5.69 Å². The molecule has 1 atom stereocenters. The first-order chi connectivity index (χ1) is 26.3. The summed E-state index contributed by atoms with van der Waals surface area (Å²) < 4.78 is 11.9. The molecule has 8 aromatic carbocycles. The average Bonchev–Trinajstić information content (AvgIpc) is 3.91. The molecule has 3 aromatic heterocycles. The molecule has 0 saturated heterocycles. The maximum absolute atomic E-state index is 6.94. The summed E-state index contributed by atoms with van der Waals surface area (Å²) in [6.45, 7) is 0. The molecule has 0 radical (unpaired) electrons. The van der Waals surface area contributed by atoms with Gasteiger partial charge in [-0.05, 0) is 51.7 Å². The van der Waals surface area contributed by atoms with Gasteiger partial charge in [0.15, 0.2) is 5.76 Å². The Kier molecular flexibility index (Phi) is 5.96. The summed E-state index contributed by atoms with van der Waals surface area (Å²) >= 11 is 1.88. The number of para-hydroxylation sites is 1. The van der Waals surface area contributed by atoms with Gasteiger partial charge in [-0.2, -0.15) is 0 Å². The lowest BCUT2D eigenvalue weighted by Crippen LogP contribution is -2.36. The van der Waals surface area contributed by atoms with Crippen LogP contribution >= 0.6 is 11.3 Å². The number of benzene rings is 8. The standard InChI is InChI=1S/C48H29N3OS/c1-2-13-28(14-3-1)30-16-12-17-31(27-30)42-46-43(37-26-25-29-15-4-5-18-32(29)45(37)52-46)50-48(49-42)51-38-23-10-8-21-35(38)41-44(51)34-20-7-6-19-33(34)40-36-22-9-11-24-39(36)53-47(40)41/h1-27,42H,(H,49,50). The van der Waals surface area contributed by atoms with Gasteiger partial charge in [0, 0.05) is 47.1 Å². The number of nitrogens with one attached hydrogen (secondary N) is 1. The van der Waals surface area contributed by atoms with Gasteiger partial charge in [-0.3, -0.25) is 4.57 Å². The van der Waals surface area contributed by atoms with Crippen molar-refractivity contribution in [1.82, 2.24) is 9.88 Å². The first kappa shape index (κ1) is 28.9. The molecule has 1 unspecified atom stereocenters. The van der Waals surface area contributed by atoms with E-state index < -0.39 is 0 Å². The third-order valence-corrected chi connectivity index (χ3v) is 12.2. The fraction of sp³-hybridized carbons (Fsp3) is 0.0208. The van der Waals surface area contributed by atoms with Gasteiger partial charge in [-0.25, -0.2) is 4.99 Å². The summed E-state index contributed by atoms with van der Waals surface area (Å²) in [6, 6.07) is 58.3. The Morgan fingerprint density at radius 1 is 0.566 bits per heavy atom. The molecule has 0 amide bonds. The summed E-state index contributed by atoms with van der Waals surface area (Å²) in [6.07, 6.45) is 0. The number of rotatable bonds is 2. The lowest BCUT2D eigenvalue weighted by atomic mass is 9.96. The highest BCUT2D eigenvalue weighted by atomic mass is 32.1. The predicted octanol–water partition coefficient (Wildman–Crippen LogP) is 13.1. The molecule has 0 saturated carbocycles. The monoisotopic (exact) mass is 695 g/mol. The first-order valence-electron chi connectivity index (χ1n) is 18.0. The van der Waals surface area contributed by atoms with E-state index in [4.69, 9.17) is 9.41 Å². The zero-order chi connectivity index (χ0) is 34.6. The largest absolute Gasteiger partial charge is 0.455 e. The number of aliphatic imine (C=N–C) groups is 1. The fourth-order valence-corrected chi connectivity index (χ4v) is 9.97. The van der Waals surface area contributed by atoms with Gasteiger partial charge >= 0.3 is 0 Å². The van der Waals surface area contributed by atoms with Crippen LogP contribution in [0, 0.1) is 0 Å². The third-order valence-electron chi connectivity index (χ3n) is 11.0. The minimum Gasteiger partial charge on any atom is -0.455 e. The van der Waals surface area contributed by atoms with Crippen molar-refractivity contribution < 1.29 is 4.42 Å². The Morgan fingerprint density at radius 3 is 2.17 bits per heavy atom. The van der Waals surface area contributed by atoms with Crippen LogP contribution in [-0.4, -0.2) is 10.5 Å². The fourth-order valence-electron chi connectivity index (χ4n) is 8.69. The second-order valence-electron chi connectivity index (χ2n) is 13.9. The topological polar surface area (TPSA) is 42.5 Å². The number of hydrogen-bond acceptors (Lipinski definition) is 4. The molecule has 248 valence electrons. The minimum atomic E-state index is -0.289. The van der Waals surface area contributed by atoms with Gasteiger partial charge in [0.25, 0.3) is 0 Å². The molecule has 0 fully saturated rings. The van der Waals surface area contributed by atoms with Crippen molar-refractivity contribution in [3.8, 4) is 11.1 Å². The van der Waals surface area contributed by atoms with Crippen LogP contribution < -0.4 is 5.32 Å². The molecule has 4 nitrogen and oxygen atoms in total. The number of furan rings is 1. The number of nitrogens with zero attached hydrogens (tertiary/aromatic N) is 2. The Balaban J connectivity index is 1.20. The Bertz CT molecular complexity index is 3330. The quantitative estimate of drug-likeness (QED) is 0.196. The molecular formula is C48H29N3OS. The minimum absolute atomic E-state index is 0.289. The molecule has 0 aliphatic carbocycles. The summed E-state index contributed by atoms with van der Waals surface area (Å²) in [5.74, 6) is 1.60. The average molecular weight is 696 g/mol. The van der Waals surface area contributed by atoms with Gasteiger partial charge < -0.3 is 9.73 Å². The number of hydrogen-bond donors (Lipinski definition) is 1. The van der Waals surface area contributed by atoms with Gasteiger partial charge in [0.05, 0.1) is 11.0 Å². The molecule has 0 spiro atoms. The smallest absolute Gasteiger partial charge is 0.209 e.